The van der Waals surface area contributed by atoms with E-state index in [0.29, 0.717) is 29.9 Å². The molecule has 0 aliphatic carbocycles. The first-order chi connectivity index (χ1) is 14.6. The third-order valence-corrected chi connectivity index (χ3v) is 4.88. The number of benzene rings is 2. The Hall–Kier alpha value is -3.87. The Balaban J connectivity index is 1.37. The average molecular weight is 403 g/mol. The van der Waals surface area contributed by atoms with Gasteiger partial charge in [0.05, 0.1) is 6.26 Å². The minimum absolute atomic E-state index is 0.157. The van der Waals surface area contributed by atoms with Gasteiger partial charge in [-0.25, -0.2) is 0 Å². The van der Waals surface area contributed by atoms with E-state index in [1.165, 1.54) is 6.26 Å². The number of furan rings is 1. The van der Waals surface area contributed by atoms with E-state index < -0.39 is 0 Å². The van der Waals surface area contributed by atoms with Gasteiger partial charge >= 0.3 is 0 Å². The lowest BCUT2D eigenvalue weighted by atomic mass is 10.1. The van der Waals surface area contributed by atoms with Crippen molar-refractivity contribution in [3.8, 4) is 0 Å². The summed E-state index contributed by atoms with van der Waals surface area (Å²) in [4.78, 5) is 38.2. The van der Waals surface area contributed by atoms with Gasteiger partial charge in [0.2, 0.25) is 5.91 Å². The first-order valence-electron chi connectivity index (χ1n) is 9.71. The van der Waals surface area contributed by atoms with E-state index in [2.05, 4.69) is 10.6 Å². The van der Waals surface area contributed by atoms with Crippen LogP contribution in [-0.2, 0) is 11.3 Å². The molecule has 0 saturated carbocycles. The van der Waals surface area contributed by atoms with Crippen molar-refractivity contribution in [1.82, 2.24) is 4.90 Å². The highest BCUT2D eigenvalue weighted by atomic mass is 16.3. The van der Waals surface area contributed by atoms with E-state index >= 15 is 0 Å². The first-order valence-corrected chi connectivity index (χ1v) is 9.71. The Morgan fingerprint density at radius 2 is 1.67 bits per heavy atom. The molecule has 1 aliphatic rings. The lowest BCUT2D eigenvalue weighted by Crippen LogP contribution is -2.24. The van der Waals surface area contributed by atoms with Gasteiger partial charge in [-0.05, 0) is 60.5 Å². The third kappa shape index (κ3) is 4.57. The number of likely N-dealkylation sites (tertiary alicyclic amines) is 1. The van der Waals surface area contributed by atoms with Crippen LogP contribution < -0.4 is 10.6 Å². The fraction of sp³-hybridized carbons (Fsp3) is 0.174. The summed E-state index contributed by atoms with van der Waals surface area (Å²) in [5.74, 6) is -0.200. The molecule has 2 aromatic carbocycles. The maximum atomic E-state index is 12.6. The predicted molar refractivity (Wildman–Crippen MR) is 112 cm³/mol. The number of nitrogens with zero attached hydrogens (tertiary/aromatic N) is 1. The molecule has 1 aliphatic heterocycles. The van der Waals surface area contributed by atoms with Gasteiger partial charge in [-0.1, -0.05) is 12.1 Å². The molecule has 1 fully saturated rings. The zero-order chi connectivity index (χ0) is 20.9. The molecule has 152 valence electrons. The maximum absolute atomic E-state index is 12.6. The standard InChI is InChI=1S/C23H21N3O4/c27-21-7-2-12-26(21)15-16-4-1-5-17(14-16)22(28)24-18-8-10-19(11-9-18)25-23(29)20-6-3-13-30-20/h1,3-6,8-11,13-14H,2,7,12,15H2,(H,24,28)(H,25,29). The number of nitrogens with one attached hydrogen (secondary N) is 2. The smallest absolute Gasteiger partial charge is 0.291 e. The van der Waals surface area contributed by atoms with Crippen molar-refractivity contribution < 1.29 is 18.8 Å². The molecule has 1 aromatic heterocycles. The number of hydrogen-bond acceptors (Lipinski definition) is 4. The molecule has 3 aromatic rings. The molecule has 0 unspecified atom stereocenters. The number of amides is 3. The topological polar surface area (TPSA) is 91.7 Å². The van der Waals surface area contributed by atoms with Crippen LogP contribution >= 0.6 is 0 Å². The third-order valence-electron chi connectivity index (χ3n) is 4.88. The quantitative estimate of drug-likeness (QED) is 0.653. The number of rotatable bonds is 6. The molecule has 4 rings (SSSR count). The molecule has 3 amide bonds. The number of anilines is 2. The van der Waals surface area contributed by atoms with Crippen molar-refractivity contribution in [1.29, 1.82) is 0 Å². The summed E-state index contributed by atoms with van der Waals surface area (Å²) in [5, 5.41) is 5.57. The van der Waals surface area contributed by atoms with E-state index in [9.17, 15) is 14.4 Å². The fourth-order valence-corrected chi connectivity index (χ4v) is 3.34. The molecule has 2 N–H and O–H groups in total. The van der Waals surface area contributed by atoms with Crippen molar-refractivity contribution in [3.63, 3.8) is 0 Å². The Labute approximate surface area is 173 Å². The van der Waals surface area contributed by atoms with Crippen LogP contribution in [0.25, 0.3) is 0 Å². The monoisotopic (exact) mass is 403 g/mol. The van der Waals surface area contributed by atoms with Gasteiger partial charge in [0.15, 0.2) is 5.76 Å². The van der Waals surface area contributed by atoms with E-state index in [0.717, 1.165) is 18.5 Å². The molecule has 0 bridgehead atoms. The summed E-state index contributed by atoms with van der Waals surface area (Å²) in [6.45, 7) is 1.28. The second kappa shape index (κ2) is 8.65. The zero-order valence-electron chi connectivity index (χ0n) is 16.3. The predicted octanol–water partition coefficient (Wildman–Crippen LogP) is 3.91. The molecule has 30 heavy (non-hydrogen) atoms. The Morgan fingerprint density at radius 1 is 0.933 bits per heavy atom. The van der Waals surface area contributed by atoms with Crippen LogP contribution in [0.1, 0.15) is 39.3 Å². The summed E-state index contributed by atoms with van der Waals surface area (Å²) in [6.07, 6.45) is 2.92. The van der Waals surface area contributed by atoms with Gasteiger partial charge in [-0.3, -0.25) is 14.4 Å². The van der Waals surface area contributed by atoms with Crippen LogP contribution in [-0.4, -0.2) is 29.2 Å². The van der Waals surface area contributed by atoms with Crippen LogP contribution in [0, 0.1) is 0 Å². The highest BCUT2D eigenvalue weighted by molar-refractivity contribution is 6.05. The van der Waals surface area contributed by atoms with Crippen LogP contribution in [0.4, 0.5) is 11.4 Å². The lowest BCUT2D eigenvalue weighted by Gasteiger charge is -2.16. The van der Waals surface area contributed by atoms with E-state index in [1.54, 1.807) is 48.5 Å². The first kappa shape index (κ1) is 19.4. The highest BCUT2D eigenvalue weighted by Gasteiger charge is 2.20. The van der Waals surface area contributed by atoms with E-state index in [-0.39, 0.29) is 23.5 Å². The van der Waals surface area contributed by atoms with Crippen molar-refractivity contribution in [3.05, 3.63) is 83.8 Å². The average Bonchev–Trinajstić information content (AvgIpc) is 3.42. The molecule has 1 saturated heterocycles. The molecular weight excluding hydrogens is 382 g/mol. The number of carbonyl (C=O) groups is 3. The highest BCUT2D eigenvalue weighted by Crippen LogP contribution is 2.18. The van der Waals surface area contributed by atoms with E-state index in [1.807, 2.05) is 17.0 Å². The minimum Gasteiger partial charge on any atom is -0.459 e. The van der Waals surface area contributed by atoms with Crippen LogP contribution in [0.5, 0.6) is 0 Å². The molecule has 0 spiro atoms. The van der Waals surface area contributed by atoms with Crippen LogP contribution in [0.2, 0.25) is 0 Å². The molecule has 0 atom stereocenters. The molecule has 0 radical (unpaired) electrons. The Morgan fingerprint density at radius 3 is 2.30 bits per heavy atom. The minimum atomic E-state index is -0.343. The summed E-state index contributed by atoms with van der Waals surface area (Å²) in [5.41, 5.74) is 2.64. The number of carbonyl (C=O) groups excluding carboxylic acids is 3. The molecular formula is C23H21N3O4. The van der Waals surface area contributed by atoms with Gasteiger partial charge in [0.25, 0.3) is 11.8 Å². The Bertz CT molecular complexity index is 1060. The normalized spacial score (nSPS) is 13.3. The Kier molecular flexibility index (Phi) is 5.61. The second-order valence-corrected chi connectivity index (χ2v) is 7.08. The molecule has 7 nitrogen and oxygen atoms in total. The van der Waals surface area contributed by atoms with Crippen molar-refractivity contribution in [2.45, 2.75) is 19.4 Å². The SMILES string of the molecule is O=C(Nc1ccc(NC(=O)c2ccco2)cc1)c1cccc(CN2CCCC2=O)c1. The van der Waals surface area contributed by atoms with Gasteiger partial charge in [-0.2, -0.15) is 0 Å². The zero-order valence-corrected chi connectivity index (χ0v) is 16.3. The summed E-state index contributed by atoms with van der Waals surface area (Å²) in [6, 6.07) is 17.3. The number of hydrogen-bond donors (Lipinski definition) is 2. The van der Waals surface area contributed by atoms with Gasteiger partial charge in [-0.15, -0.1) is 0 Å². The van der Waals surface area contributed by atoms with Gasteiger partial charge in [0, 0.05) is 36.4 Å². The molecule has 2 heterocycles. The van der Waals surface area contributed by atoms with Crippen LogP contribution in [0.15, 0.2) is 71.3 Å². The van der Waals surface area contributed by atoms with Crippen molar-refractivity contribution >= 4 is 29.1 Å². The molecule has 7 heteroatoms. The van der Waals surface area contributed by atoms with Crippen molar-refractivity contribution in [2.24, 2.45) is 0 Å². The second-order valence-electron chi connectivity index (χ2n) is 7.08. The fourth-order valence-electron chi connectivity index (χ4n) is 3.34. The van der Waals surface area contributed by atoms with Crippen LogP contribution in [0.3, 0.4) is 0 Å². The summed E-state index contributed by atoms with van der Waals surface area (Å²) < 4.78 is 5.06. The summed E-state index contributed by atoms with van der Waals surface area (Å²) in [7, 11) is 0. The van der Waals surface area contributed by atoms with Gasteiger partial charge in [0.1, 0.15) is 0 Å². The van der Waals surface area contributed by atoms with E-state index in [4.69, 9.17) is 4.42 Å². The lowest BCUT2D eigenvalue weighted by molar-refractivity contribution is -0.128. The maximum Gasteiger partial charge on any atom is 0.291 e. The van der Waals surface area contributed by atoms with Crippen molar-refractivity contribution in [2.75, 3.05) is 17.2 Å². The van der Waals surface area contributed by atoms with Gasteiger partial charge < -0.3 is 20.0 Å². The summed E-state index contributed by atoms with van der Waals surface area (Å²) >= 11 is 0. The largest absolute Gasteiger partial charge is 0.459 e.